The molecule has 5 nitrogen and oxygen atoms in total. The van der Waals surface area contributed by atoms with Crippen LogP contribution >= 0.6 is 0 Å². The van der Waals surface area contributed by atoms with Gasteiger partial charge in [-0.3, -0.25) is 8.98 Å². The van der Waals surface area contributed by atoms with Gasteiger partial charge in [0.25, 0.3) is 10.1 Å². The molecule has 0 aromatic carbocycles. The molecule has 0 heterocycles. The molecule has 1 rings (SSSR count). The van der Waals surface area contributed by atoms with Crippen LogP contribution in [-0.2, 0) is 23.8 Å². The van der Waals surface area contributed by atoms with Gasteiger partial charge in [0.1, 0.15) is 5.60 Å². The van der Waals surface area contributed by atoms with E-state index in [0.29, 0.717) is 12.8 Å². The Bertz CT molecular complexity index is 359. The highest BCUT2D eigenvalue weighted by molar-refractivity contribution is 7.86. The molecule has 0 unspecified atom stereocenters. The molecule has 0 aliphatic heterocycles. The first-order chi connectivity index (χ1) is 7.07. The van der Waals surface area contributed by atoms with Crippen LogP contribution in [-0.4, -0.2) is 32.3 Å². The minimum absolute atomic E-state index is 0.231. The van der Waals surface area contributed by atoms with Gasteiger partial charge in [0.2, 0.25) is 0 Å². The van der Waals surface area contributed by atoms with Crippen LogP contribution < -0.4 is 0 Å². The third-order valence-electron chi connectivity index (χ3n) is 2.15. The molecule has 0 radical (unpaired) electrons. The first-order valence-corrected chi connectivity index (χ1v) is 6.99. The van der Waals surface area contributed by atoms with Gasteiger partial charge in [-0.2, -0.15) is 8.42 Å². The summed E-state index contributed by atoms with van der Waals surface area (Å²) < 4.78 is 31.5. The lowest BCUT2D eigenvalue weighted by Crippen LogP contribution is -2.40. The van der Waals surface area contributed by atoms with Crippen molar-refractivity contribution in [2.24, 2.45) is 5.92 Å². The highest BCUT2D eigenvalue weighted by Crippen LogP contribution is 2.33. The maximum Gasteiger partial charge on any atom is 0.309 e. The fourth-order valence-corrected chi connectivity index (χ4v) is 2.12. The Hall–Kier alpha value is -0.620. The number of carbonyl (C=O) groups is 1. The summed E-state index contributed by atoms with van der Waals surface area (Å²) in [7, 11) is -3.42. The second kappa shape index (κ2) is 4.33. The van der Waals surface area contributed by atoms with Crippen LogP contribution in [0.15, 0.2) is 0 Å². The van der Waals surface area contributed by atoms with Crippen molar-refractivity contribution >= 4 is 16.1 Å². The van der Waals surface area contributed by atoms with E-state index in [0.717, 1.165) is 6.26 Å². The minimum Gasteiger partial charge on any atom is -0.460 e. The van der Waals surface area contributed by atoms with E-state index in [2.05, 4.69) is 0 Å². The summed E-state index contributed by atoms with van der Waals surface area (Å²) in [6.07, 6.45) is 1.48. The molecule has 1 fully saturated rings. The van der Waals surface area contributed by atoms with Crippen LogP contribution in [0.2, 0.25) is 0 Å². The number of hydrogen-bond acceptors (Lipinski definition) is 5. The summed E-state index contributed by atoms with van der Waals surface area (Å²) >= 11 is 0. The van der Waals surface area contributed by atoms with Crippen LogP contribution in [0.5, 0.6) is 0 Å². The lowest BCUT2D eigenvalue weighted by Gasteiger charge is -2.34. The van der Waals surface area contributed by atoms with E-state index < -0.39 is 15.7 Å². The van der Waals surface area contributed by atoms with Crippen LogP contribution in [0.1, 0.15) is 33.6 Å². The lowest BCUT2D eigenvalue weighted by atomic mass is 9.82. The molecular formula is C10H18O5S. The largest absolute Gasteiger partial charge is 0.460 e. The van der Waals surface area contributed by atoms with Crippen molar-refractivity contribution in [2.45, 2.75) is 45.3 Å². The monoisotopic (exact) mass is 250 g/mol. The van der Waals surface area contributed by atoms with Gasteiger partial charge in [-0.25, -0.2) is 0 Å². The number of ether oxygens (including phenoxy) is 1. The second-order valence-electron chi connectivity index (χ2n) is 5.12. The zero-order valence-corrected chi connectivity index (χ0v) is 10.8. The molecule has 1 saturated carbocycles. The molecule has 0 aromatic heterocycles. The van der Waals surface area contributed by atoms with Gasteiger partial charge in [0.05, 0.1) is 18.3 Å². The highest BCUT2D eigenvalue weighted by atomic mass is 32.2. The van der Waals surface area contributed by atoms with E-state index in [4.69, 9.17) is 8.92 Å². The van der Waals surface area contributed by atoms with Gasteiger partial charge >= 0.3 is 5.97 Å². The SMILES string of the molecule is CC(C)(C)OC(=O)C1CC(OS(C)(=O)=O)C1. The molecule has 0 N–H and O–H groups in total. The third-order valence-corrected chi connectivity index (χ3v) is 2.77. The lowest BCUT2D eigenvalue weighted by molar-refractivity contribution is -0.166. The Morgan fingerprint density at radius 1 is 1.25 bits per heavy atom. The van der Waals surface area contributed by atoms with E-state index in [1.807, 2.05) is 0 Å². The van der Waals surface area contributed by atoms with Crippen LogP contribution in [0.3, 0.4) is 0 Å². The maximum atomic E-state index is 11.5. The Morgan fingerprint density at radius 3 is 2.12 bits per heavy atom. The van der Waals surface area contributed by atoms with E-state index in [-0.39, 0.29) is 18.0 Å². The van der Waals surface area contributed by atoms with Crippen molar-refractivity contribution in [3.8, 4) is 0 Å². The average Bonchev–Trinajstić information content (AvgIpc) is 1.89. The van der Waals surface area contributed by atoms with Crippen molar-refractivity contribution in [1.82, 2.24) is 0 Å². The fraction of sp³-hybridized carbons (Fsp3) is 0.900. The van der Waals surface area contributed by atoms with Crippen molar-refractivity contribution < 1.29 is 22.1 Å². The molecule has 0 spiro atoms. The maximum absolute atomic E-state index is 11.5. The van der Waals surface area contributed by atoms with Gasteiger partial charge in [-0.05, 0) is 33.6 Å². The number of carbonyl (C=O) groups excluding carboxylic acids is 1. The molecule has 0 amide bonds. The molecule has 1 aliphatic carbocycles. The van der Waals surface area contributed by atoms with Gasteiger partial charge in [0, 0.05) is 0 Å². The zero-order valence-electron chi connectivity index (χ0n) is 10.0. The Balaban J connectivity index is 2.34. The van der Waals surface area contributed by atoms with Crippen molar-refractivity contribution in [3.63, 3.8) is 0 Å². The predicted octanol–water partition coefficient (Wildman–Crippen LogP) is 1.08. The summed E-state index contributed by atoms with van der Waals surface area (Å²) in [5.41, 5.74) is -0.500. The minimum atomic E-state index is -3.42. The second-order valence-corrected chi connectivity index (χ2v) is 6.72. The summed E-state index contributed by atoms with van der Waals surface area (Å²) in [5.74, 6) is -0.508. The number of rotatable bonds is 3. The Kier molecular flexibility index (Phi) is 3.64. The normalized spacial score (nSPS) is 26.0. The smallest absolute Gasteiger partial charge is 0.309 e. The Morgan fingerprint density at radius 2 is 1.75 bits per heavy atom. The van der Waals surface area contributed by atoms with Crippen LogP contribution in [0.25, 0.3) is 0 Å². The van der Waals surface area contributed by atoms with Crippen LogP contribution in [0.4, 0.5) is 0 Å². The average molecular weight is 250 g/mol. The highest BCUT2D eigenvalue weighted by Gasteiger charge is 2.39. The molecule has 94 valence electrons. The van der Waals surface area contributed by atoms with Crippen LogP contribution in [0, 0.1) is 5.92 Å². The number of hydrogen-bond donors (Lipinski definition) is 0. The first-order valence-electron chi connectivity index (χ1n) is 5.18. The van der Waals surface area contributed by atoms with Crippen molar-refractivity contribution in [3.05, 3.63) is 0 Å². The topological polar surface area (TPSA) is 69.7 Å². The van der Waals surface area contributed by atoms with Crippen molar-refractivity contribution in [1.29, 1.82) is 0 Å². The van der Waals surface area contributed by atoms with E-state index in [9.17, 15) is 13.2 Å². The van der Waals surface area contributed by atoms with Gasteiger partial charge < -0.3 is 4.74 Å². The fourth-order valence-electron chi connectivity index (χ4n) is 1.47. The standard InChI is InChI=1S/C10H18O5S/c1-10(2,3)14-9(11)7-5-8(6-7)15-16(4,12)13/h7-8H,5-6H2,1-4H3. The Labute approximate surface area is 96.2 Å². The van der Waals surface area contributed by atoms with Crippen molar-refractivity contribution in [2.75, 3.05) is 6.26 Å². The molecule has 1 aliphatic rings. The number of esters is 1. The van der Waals surface area contributed by atoms with Gasteiger partial charge in [0.15, 0.2) is 0 Å². The quantitative estimate of drug-likeness (QED) is 0.554. The first kappa shape index (κ1) is 13.4. The van der Waals surface area contributed by atoms with E-state index in [1.165, 1.54) is 0 Å². The predicted molar refractivity (Wildman–Crippen MR) is 58.3 cm³/mol. The zero-order chi connectivity index (χ0) is 12.6. The summed E-state index contributed by atoms with van der Waals surface area (Å²) in [4.78, 5) is 11.5. The molecular weight excluding hydrogens is 232 g/mol. The molecule has 0 saturated heterocycles. The molecule has 0 bridgehead atoms. The summed E-state index contributed by atoms with van der Waals surface area (Å²) in [6.45, 7) is 5.40. The van der Waals surface area contributed by atoms with Gasteiger partial charge in [-0.1, -0.05) is 0 Å². The molecule has 16 heavy (non-hydrogen) atoms. The molecule has 0 atom stereocenters. The van der Waals surface area contributed by atoms with E-state index >= 15 is 0 Å². The van der Waals surface area contributed by atoms with E-state index in [1.54, 1.807) is 20.8 Å². The summed E-state index contributed by atoms with van der Waals surface area (Å²) in [5, 5.41) is 0. The summed E-state index contributed by atoms with van der Waals surface area (Å²) in [6, 6.07) is 0. The van der Waals surface area contributed by atoms with Gasteiger partial charge in [-0.15, -0.1) is 0 Å². The molecule has 6 heteroatoms. The third kappa shape index (κ3) is 4.49. The molecule has 0 aromatic rings.